The first kappa shape index (κ1) is 23.3. The maximum absolute atomic E-state index is 13.7. The lowest BCUT2D eigenvalue weighted by Crippen LogP contribution is -2.37. The molecule has 0 saturated carbocycles. The lowest BCUT2D eigenvalue weighted by Gasteiger charge is -2.13. The lowest BCUT2D eigenvalue weighted by atomic mass is 10.1. The molecule has 32 heavy (non-hydrogen) atoms. The molecule has 0 saturated heterocycles. The van der Waals surface area contributed by atoms with Crippen LogP contribution in [0.15, 0.2) is 47.5 Å². The van der Waals surface area contributed by atoms with Crippen LogP contribution in [-0.2, 0) is 0 Å². The van der Waals surface area contributed by atoms with E-state index in [4.69, 9.17) is 11.6 Å². The topological polar surface area (TPSA) is 82.2 Å². The number of aromatic amines is 1. The zero-order valence-electron chi connectivity index (χ0n) is 17.3. The molecule has 0 radical (unpaired) electrons. The first-order chi connectivity index (χ1) is 15.2. The molecule has 2 aromatic carbocycles. The highest BCUT2D eigenvalue weighted by molar-refractivity contribution is 6.30. The van der Waals surface area contributed by atoms with Crippen LogP contribution in [0.2, 0.25) is 5.02 Å². The van der Waals surface area contributed by atoms with Gasteiger partial charge in [-0.1, -0.05) is 24.9 Å². The van der Waals surface area contributed by atoms with Gasteiger partial charge in [-0.15, -0.1) is 0 Å². The number of halogens is 4. The SMILES string of the molecule is CCCC(C)N=C(NC(=O)c1ccc(Cl)c(F)c1)Nc1cc(-c2cc(F)cc(F)c2)[nH]n1. The fraction of sp³-hybridized carbons (Fsp3) is 0.227. The molecule has 10 heteroatoms. The van der Waals surface area contributed by atoms with Crippen molar-refractivity contribution in [2.45, 2.75) is 32.7 Å². The summed E-state index contributed by atoms with van der Waals surface area (Å²) in [6, 6.07) is 8.19. The molecule has 0 aliphatic rings. The zero-order valence-corrected chi connectivity index (χ0v) is 18.1. The van der Waals surface area contributed by atoms with Crippen molar-refractivity contribution in [3.8, 4) is 11.3 Å². The van der Waals surface area contributed by atoms with Crippen molar-refractivity contribution < 1.29 is 18.0 Å². The summed E-state index contributed by atoms with van der Waals surface area (Å²) >= 11 is 5.67. The van der Waals surface area contributed by atoms with Gasteiger partial charge in [0.2, 0.25) is 5.96 Å². The molecule has 0 fully saturated rings. The quantitative estimate of drug-likeness (QED) is 0.332. The number of aromatic nitrogens is 2. The van der Waals surface area contributed by atoms with Crippen molar-refractivity contribution in [3.05, 3.63) is 70.5 Å². The lowest BCUT2D eigenvalue weighted by molar-refractivity contribution is 0.0976. The van der Waals surface area contributed by atoms with Crippen LogP contribution in [0.5, 0.6) is 0 Å². The highest BCUT2D eigenvalue weighted by Crippen LogP contribution is 2.22. The van der Waals surface area contributed by atoms with Gasteiger partial charge in [0.1, 0.15) is 17.5 Å². The second-order valence-corrected chi connectivity index (χ2v) is 7.56. The van der Waals surface area contributed by atoms with Crippen LogP contribution in [0, 0.1) is 17.5 Å². The van der Waals surface area contributed by atoms with E-state index in [9.17, 15) is 18.0 Å². The van der Waals surface area contributed by atoms with E-state index in [0.717, 1.165) is 37.1 Å². The Balaban J connectivity index is 1.82. The van der Waals surface area contributed by atoms with E-state index >= 15 is 0 Å². The third kappa shape index (κ3) is 6.10. The summed E-state index contributed by atoms with van der Waals surface area (Å²) in [5, 5.41) is 12.1. The average Bonchev–Trinajstić information content (AvgIpc) is 3.18. The number of carbonyl (C=O) groups is 1. The summed E-state index contributed by atoms with van der Waals surface area (Å²) in [4.78, 5) is 17.1. The molecule has 6 nitrogen and oxygen atoms in total. The summed E-state index contributed by atoms with van der Waals surface area (Å²) in [6.07, 6.45) is 1.65. The second-order valence-electron chi connectivity index (χ2n) is 7.15. The molecule has 3 aromatic rings. The summed E-state index contributed by atoms with van der Waals surface area (Å²) in [6.45, 7) is 3.89. The zero-order chi connectivity index (χ0) is 23.3. The Morgan fingerprint density at radius 2 is 1.88 bits per heavy atom. The van der Waals surface area contributed by atoms with Crippen LogP contribution in [0.3, 0.4) is 0 Å². The molecule has 0 aliphatic heterocycles. The average molecular weight is 464 g/mol. The number of anilines is 1. The first-order valence-electron chi connectivity index (χ1n) is 9.88. The largest absolute Gasteiger partial charge is 0.309 e. The number of nitrogens with zero attached hydrogens (tertiary/aromatic N) is 2. The predicted molar refractivity (Wildman–Crippen MR) is 118 cm³/mol. The van der Waals surface area contributed by atoms with E-state index < -0.39 is 23.4 Å². The Hall–Kier alpha value is -3.33. The number of hydrogen-bond donors (Lipinski definition) is 3. The molecule has 3 rings (SSSR count). The van der Waals surface area contributed by atoms with Gasteiger partial charge < -0.3 is 5.32 Å². The molecule has 0 aliphatic carbocycles. The molecule has 1 atom stereocenters. The van der Waals surface area contributed by atoms with Gasteiger partial charge in [0.25, 0.3) is 5.91 Å². The van der Waals surface area contributed by atoms with E-state index in [2.05, 4.69) is 25.8 Å². The van der Waals surface area contributed by atoms with Gasteiger partial charge in [-0.3, -0.25) is 15.2 Å². The molecule has 0 spiro atoms. The minimum Gasteiger partial charge on any atom is -0.309 e. The smallest absolute Gasteiger partial charge is 0.258 e. The maximum Gasteiger partial charge on any atom is 0.258 e. The number of aliphatic imine (C=N–C) groups is 1. The summed E-state index contributed by atoms with van der Waals surface area (Å²) in [5.41, 5.74) is 0.682. The molecular weight excluding hydrogens is 443 g/mol. The van der Waals surface area contributed by atoms with Crippen LogP contribution in [0.25, 0.3) is 11.3 Å². The third-order valence-electron chi connectivity index (χ3n) is 4.47. The third-order valence-corrected chi connectivity index (χ3v) is 4.77. The molecular formula is C22H21ClF3N5O. The minimum atomic E-state index is -0.720. The molecule has 1 unspecified atom stereocenters. The van der Waals surface area contributed by atoms with E-state index in [1.165, 1.54) is 18.2 Å². The monoisotopic (exact) mass is 463 g/mol. The molecule has 1 aromatic heterocycles. The molecule has 168 valence electrons. The highest BCUT2D eigenvalue weighted by atomic mass is 35.5. The Morgan fingerprint density at radius 3 is 2.53 bits per heavy atom. The normalized spacial score (nSPS) is 12.5. The number of nitrogens with one attached hydrogen (secondary N) is 3. The molecule has 0 bridgehead atoms. The van der Waals surface area contributed by atoms with Gasteiger partial charge in [-0.25, -0.2) is 18.2 Å². The summed E-state index contributed by atoms with van der Waals surface area (Å²) < 4.78 is 40.8. The Bertz CT molecular complexity index is 1130. The number of hydrogen-bond acceptors (Lipinski definition) is 3. The van der Waals surface area contributed by atoms with Crippen molar-refractivity contribution in [2.75, 3.05) is 5.32 Å². The van der Waals surface area contributed by atoms with Gasteiger partial charge in [0, 0.05) is 23.3 Å². The molecule has 1 amide bonds. The Kier molecular flexibility index (Phi) is 7.53. The van der Waals surface area contributed by atoms with Gasteiger partial charge >= 0.3 is 0 Å². The number of amides is 1. The standard InChI is InChI=1S/C22H21ClF3N5O/c1-3-4-12(2)27-22(29-21(32)13-5-6-17(23)18(26)9-13)28-20-11-19(30-31-20)14-7-15(24)10-16(25)8-14/h5-12H,3-4H2,1-2H3,(H3,27,28,29,30,31,32). The van der Waals surface area contributed by atoms with E-state index in [1.54, 1.807) is 0 Å². The second kappa shape index (κ2) is 10.3. The first-order valence-corrected chi connectivity index (χ1v) is 10.3. The Morgan fingerprint density at radius 1 is 1.16 bits per heavy atom. The van der Waals surface area contributed by atoms with Gasteiger partial charge in [-0.2, -0.15) is 5.10 Å². The van der Waals surface area contributed by atoms with Crippen molar-refractivity contribution in [1.29, 1.82) is 0 Å². The Labute approximate surface area is 187 Å². The summed E-state index contributed by atoms with van der Waals surface area (Å²) in [5.74, 6) is -2.41. The minimum absolute atomic E-state index is 0.0579. The molecule has 3 N–H and O–H groups in total. The number of benzene rings is 2. The highest BCUT2D eigenvalue weighted by Gasteiger charge is 2.14. The van der Waals surface area contributed by atoms with Crippen LogP contribution in [-0.4, -0.2) is 28.1 Å². The van der Waals surface area contributed by atoms with Crippen LogP contribution < -0.4 is 10.6 Å². The summed E-state index contributed by atoms with van der Waals surface area (Å²) in [7, 11) is 0. The predicted octanol–water partition coefficient (Wildman–Crippen LogP) is 5.53. The van der Waals surface area contributed by atoms with Crippen LogP contribution in [0.4, 0.5) is 19.0 Å². The van der Waals surface area contributed by atoms with Crippen LogP contribution >= 0.6 is 11.6 Å². The number of H-pyrrole nitrogens is 1. The molecule has 1 heterocycles. The maximum atomic E-state index is 13.7. The fourth-order valence-electron chi connectivity index (χ4n) is 2.98. The van der Waals surface area contributed by atoms with Gasteiger partial charge in [0.15, 0.2) is 5.82 Å². The van der Waals surface area contributed by atoms with Crippen molar-refractivity contribution in [1.82, 2.24) is 15.5 Å². The number of carbonyl (C=O) groups excluding carboxylic acids is 1. The fourth-order valence-corrected chi connectivity index (χ4v) is 3.10. The van der Waals surface area contributed by atoms with Gasteiger partial charge in [0.05, 0.1) is 16.8 Å². The van der Waals surface area contributed by atoms with Crippen molar-refractivity contribution >= 4 is 29.3 Å². The van der Waals surface area contributed by atoms with Gasteiger partial charge in [-0.05, 0) is 43.7 Å². The number of rotatable bonds is 6. The van der Waals surface area contributed by atoms with Crippen LogP contribution in [0.1, 0.15) is 37.0 Å². The van der Waals surface area contributed by atoms with Crippen molar-refractivity contribution in [2.24, 2.45) is 4.99 Å². The number of guanidine groups is 1. The van der Waals surface area contributed by atoms with E-state index in [-0.39, 0.29) is 34.0 Å². The van der Waals surface area contributed by atoms with Crippen molar-refractivity contribution in [3.63, 3.8) is 0 Å². The van der Waals surface area contributed by atoms with E-state index in [1.807, 2.05) is 13.8 Å². The van der Waals surface area contributed by atoms with E-state index in [0.29, 0.717) is 5.69 Å².